The Labute approximate surface area is 155 Å². The summed E-state index contributed by atoms with van der Waals surface area (Å²) >= 11 is 5.01. The van der Waals surface area contributed by atoms with Crippen molar-refractivity contribution in [3.8, 4) is 11.5 Å². The zero-order chi connectivity index (χ0) is 17.5. The van der Waals surface area contributed by atoms with E-state index in [0.717, 1.165) is 10.2 Å². The Bertz CT molecular complexity index is 669. The molecule has 4 nitrogen and oxygen atoms in total. The van der Waals surface area contributed by atoms with Gasteiger partial charge < -0.3 is 14.8 Å². The van der Waals surface area contributed by atoms with Crippen molar-refractivity contribution in [3.05, 3.63) is 52.5 Å². The molecular weight excluding hydrogens is 390 g/mol. The highest BCUT2D eigenvalue weighted by Crippen LogP contribution is 2.27. The zero-order valence-electron chi connectivity index (χ0n) is 13.8. The summed E-state index contributed by atoms with van der Waals surface area (Å²) < 4.78 is 11.5. The van der Waals surface area contributed by atoms with Crippen molar-refractivity contribution in [2.75, 3.05) is 19.5 Å². The van der Waals surface area contributed by atoms with Gasteiger partial charge in [0.2, 0.25) is 5.91 Å². The molecule has 0 radical (unpaired) electrons. The van der Waals surface area contributed by atoms with Crippen LogP contribution >= 0.6 is 27.7 Å². The van der Waals surface area contributed by atoms with Crippen molar-refractivity contribution in [3.63, 3.8) is 0 Å². The van der Waals surface area contributed by atoms with Gasteiger partial charge in [-0.05, 0) is 24.6 Å². The quantitative estimate of drug-likeness (QED) is 0.717. The van der Waals surface area contributed by atoms with Crippen LogP contribution in [0.5, 0.6) is 11.5 Å². The Morgan fingerprint density at radius 1 is 1.12 bits per heavy atom. The number of carbonyl (C=O) groups is 1. The summed E-state index contributed by atoms with van der Waals surface area (Å²) in [7, 11) is 3.16. The number of ether oxygens (including phenoxy) is 2. The Balaban J connectivity index is 1.94. The molecule has 2 aromatic rings. The predicted molar refractivity (Wildman–Crippen MR) is 103 cm³/mol. The van der Waals surface area contributed by atoms with Gasteiger partial charge in [0.25, 0.3) is 0 Å². The average Bonchev–Trinajstić information content (AvgIpc) is 2.60. The Hall–Kier alpha value is -1.66. The van der Waals surface area contributed by atoms with Crippen molar-refractivity contribution >= 4 is 39.3 Å². The van der Waals surface area contributed by atoms with Gasteiger partial charge in [0, 0.05) is 34.1 Å². The second-order valence-electron chi connectivity index (χ2n) is 5.17. The van der Waals surface area contributed by atoms with Gasteiger partial charge in [-0.3, -0.25) is 4.79 Å². The first-order valence-electron chi connectivity index (χ1n) is 7.42. The molecule has 0 aliphatic carbocycles. The fraction of sp³-hybridized carbons (Fsp3) is 0.278. The molecule has 0 unspecified atom stereocenters. The van der Waals surface area contributed by atoms with Gasteiger partial charge in [0.15, 0.2) is 0 Å². The molecule has 128 valence electrons. The Morgan fingerprint density at radius 3 is 2.25 bits per heavy atom. The van der Waals surface area contributed by atoms with Gasteiger partial charge in [-0.1, -0.05) is 28.1 Å². The first kappa shape index (κ1) is 18.7. The van der Waals surface area contributed by atoms with E-state index in [9.17, 15) is 4.79 Å². The van der Waals surface area contributed by atoms with Gasteiger partial charge in [0.1, 0.15) is 11.5 Å². The lowest BCUT2D eigenvalue weighted by Gasteiger charge is -2.14. The summed E-state index contributed by atoms with van der Waals surface area (Å²) in [6, 6.07) is 13.4. The molecule has 24 heavy (non-hydrogen) atoms. The zero-order valence-corrected chi connectivity index (χ0v) is 16.2. The highest BCUT2D eigenvalue weighted by molar-refractivity contribution is 9.10. The van der Waals surface area contributed by atoms with Crippen molar-refractivity contribution in [1.29, 1.82) is 0 Å². The van der Waals surface area contributed by atoms with Crippen molar-refractivity contribution < 1.29 is 14.3 Å². The van der Waals surface area contributed by atoms with Crippen LogP contribution in [0.4, 0.5) is 5.69 Å². The van der Waals surface area contributed by atoms with Gasteiger partial charge in [-0.25, -0.2) is 0 Å². The van der Waals surface area contributed by atoms with E-state index in [4.69, 9.17) is 9.47 Å². The lowest BCUT2D eigenvalue weighted by Crippen LogP contribution is -2.22. The summed E-state index contributed by atoms with van der Waals surface area (Å²) in [6.45, 7) is 1.90. The summed E-state index contributed by atoms with van der Waals surface area (Å²) in [4.78, 5) is 12.4. The first-order chi connectivity index (χ1) is 11.5. The van der Waals surface area contributed by atoms with Crippen LogP contribution < -0.4 is 14.8 Å². The molecule has 2 rings (SSSR count). The number of thioether (sulfide) groups is 1. The molecule has 1 N–H and O–H groups in total. The monoisotopic (exact) mass is 409 g/mol. The maximum Gasteiger partial charge on any atom is 0.237 e. The third-order valence-electron chi connectivity index (χ3n) is 3.40. The number of hydrogen-bond acceptors (Lipinski definition) is 4. The van der Waals surface area contributed by atoms with Crippen LogP contribution in [0.1, 0.15) is 12.5 Å². The van der Waals surface area contributed by atoms with E-state index in [-0.39, 0.29) is 11.2 Å². The summed E-state index contributed by atoms with van der Waals surface area (Å²) in [5.41, 5.74) is 1.85. The minimum atomic E-state index is -0.175. The second-order valence-corrected chi connectivity index (χ2v) is 7.42. The van der Waals surface area contributed by atoms with Gasteiger partial charge in [0.05, 0.1) is 19.5 Å². The summed E-state index contributed by atoms with van der Waals surface area (Å²) in [5.74, 6) is 2.01. The molecule has 0 bridgehead atoms. The van der Waals surface area contributed by atoms with E-state index in [2.05, 4.69) is 33.4 Å². The minimum Gasteiger partial charge on any atom is -0.497 e. The molecule has 0 heterocycles. The number of rotatable bonds is 7. The van der Waals surface area contributed by atoms with E-state index in [1.807, 2.05) is 19.1 Å². The van der Waals surface area contributed by atoms with E-state index >= 15 is 0 Å². The smallest absolute Gasteiger partial charge is 0.237 e. The van der Waals surface area contributed by atoms with Crippen molar-refractivity contribution in [2.24, 2.45) is 0 Å². The fourth-order valence-corrected chi connectivity index (χ4v) is 3.11. The molecule has 6 heteroatoms. The normalized spacial score (nSPS) is 11.7. The van der Waals surface area contributed by atoms with E-state index < -0.39 is 0 Å². The SMILES string of the molecule is COc1cc(NC(=O)[C@H](C)SCc2ccc(Br)cc2)cc(OC)c1. The molecule has 0 saturated carbocycles. The number of halogens is 1. The molecule has 1 amide bonds. The van der Waals surface area contributed by atoms with E-state index in [1.165, 1.54) is 5.56 Å². The molecule has 0 aliphatic heterocycles. The van der Waals surface area contributed by atoms with Gasteiger partial charge >= 0.3 is 0 Å². The number of nitrogens with one attached hydrogen (secondary N) is 1. The highest BCUT2D eigenvalue weighted by Gasteiger charge is 2.14. The maximum absolute atomic E-state index is 12.4. The van der Waals surface area contributed by atoms with Crippen molar-refractivity contribution in [2.45, 2.75) is 17.9 Å². The number of amides is 1. The van der Waals surface area contributed by atoms with Crippen LogP contribution in [0, 0.1) is 0 Å². The molecule has 0 fully saturated rings. The largest absolute Gasteiger partial charge is 0.497 e. The number of hydrogen-bond donors (Lipinski definition) is 1. The third kappa shape index (κ3) is 5.46. The Kier molecular flexibility index (Phi) is 6.99. The first-order valence-corrected chi connectivity index (χ1v) is 9.26. The third-order valence-corrected chi connectivity index (χ3v) is 5.14. The molecule has 0 saturated heterocycles. The highest BCUT2D eigenvalue weighted by atomic mass is 79.9. The standard InChI is InChI=1S/C18H20BrNO3S/c1-12(24-11-13-4-6-14(19)7-5-13)18(21)20-15-8-16(22-2)10-17(9-15)23-3/h4-10,12H,11H2,1-3H3,(H,20,21)/t12-/m0/s1. The maximum atomic E-state index is 12.4. The lowest BCUT2D eigenvalue weighted by atomic mass is 10.2. The summed E-state index contributed by atoms with van der Waals surface area (Å²) in [6.07, 6.45) is 0. The predicted octanol–water partition coefficient (Wildman–Crippen LogP) is 4.73. The van der Waals surface area contributed by atoms with Crippen molar-refractivity contribution in [1.82, 2.24) is 0 Å². The van der Waals surface area contributed by atoms with Crippen LogP contribution in [0.15, 0.2) is 46.9 Å². The van der Waals surface area contributed by atoms with Gasteiger partial charge in [-0.2, -0.15) is 0 Å². The second kappa shape index (κ2) is 8.99. The number of carbonyl (C=O) groups excluding carboxylic acids is 1. The lowest BCUT2D eigenvalue weighted by molar-refractivity contribution is -0.115. The molecule has 2 aromatic carbocycles. The molecular formula is C18H20BrNO3S. The molecule has 0 aliphatic rings. The number of methoxy groups -OCH3 is 2. The topological polar surface area (TPSA) is 47.6 Å². The average molecular weight is 410 g/mol. The number of benzene rings is 2. The Morgan fingerprint density at radius 2 is 1.71 bits per heavy atom. The molecule has 1 atom stereocenters. The van der Waals surface area contributed by atoms with E-state index in [1.54, 1.807) is 44.2 Å². The van der Waals surface area contributed by atoms with Crippen LogP contribution in [0.2, 0.25) is 0 Å². The van der Waals surface area contributed by atoms with Crippen LogP contribution in [-0.2, 0) is 10.5 Å². The number of anilines is 1. The van der Waals surface area contributed by atoms with Crippen LogP contribution in [0.3, 0.4) is 0 Å². The van der Waals surface area contributed by atoms with E-state index in [0.29, 0.717) is 17.2 Å². The molecule has 0 spiro atoms. The van der Waals surface area contributed by atoms with Crippen LogP contribution in [-0.4, -0.2) is 25.4 Å². The van der Waals surface area contributed by atoms with Crippen LogP contribution in [0.25, 0.3) is 0 Å². The summed E-state index contributed by atoms with van der Waals surface area (Å²) in [5, 5.41) is 2.73. The fourth-order valence-electron chi connectivity index (χ4n) is 2.00. The minimum absolute atomic E-state index is 0.0487. The molecule has 0 aromatic heterocycles. The van der Waals surface area contributed by atoms with Gasteiger partial charge in [-0.15, -0.1) is 11.8 Å².